The van der Waals surface area contributed by atoms with E-state index in [9.17, 15) is 4.79 Å². The van der Waals surface area contributed by atoms with Gasteiger partial charge in [-0.05, 0) is 12.8 Å². The van der Waals surface area contributed by atoms with Crippen LogP contribution in [0.5, 0.6) is 0 Å². The Balaban J connectivity index is 1.94. The first-order chi connectivity index (χ1) is 10.2. The molecule has 0 bridgehead atoms. The van der Waals surface area contributed by atoms with Gasteiger partial charge in [0.2, 0.25) is 5.91 Å². The molecule has 21 heavy (non-hydrogen) atoms. The first-order valence-electron chi connectivity index (χ1n) is 7.02. The Labute approximate surface area is 121 Å². The molecule has 0 unspecified atom stereocenters. The van der Waals surface area contributed by atoms with Crippen LogP contribution in [0.15, 0.2) is 12.5 Å². The van der Waals surface area contributed by atoms with Crippen molar-refractivity contribution in [1.29, 1.82) is 0 Å². The second kappa shape index (κ2) is 5.65. The third kappa shape index (κ3) is 2.54. The monoisotopic (exact) mass is 290 g/mol. The van der Waals surface area contributed by atoms with Crippen molar-refractivity contribution >= 4 is 22.8 Å². The first kappa shape index (κ1) is 13.7. The number of rotatable bonds is 4. The molecular formula is C13H18N6O2. The van der Waals surface area contributed by atoms with Crippen LogP contribution >= 0.6 is 0 Å². The molecule has 1 saturated heterocycles. The highest BCUT2D eigenvalue weighted by Crippen LogP contribution is 2.27. The molecule has 2 aromatic heterocycles. The van der Waals surface area contributed by atoms with Crippen LogP contribution in [0.1, 0.15) is 12.8 Å². The highest BCUT2D eigenvalue weighted by atomic mass is 16.3. The van der Waals surface area contributed by atoms with Crippen molar-refractivity contribution in [3.8, 4) is 0 Å². The van der Waals surface area contributed by atoms with E-state index in [0.717, 1.165) is 30.6 Å². The number of piperidine rings is 1. The maximum absolute atomic E-state index is 11.4. The minimum Gasteiger partial charge on any atom is -0.394 e. The third-order valence-corrected chi connectivity index (χ3v) is 3.85. The molecule has 8 nitrogen and oxygen atoms in total. The maximum atomic E-state index is 11.4. The molecule has 112 valence electrons. The van der Waals surface area contributed by atoms with Gasteiger partial charge in [0.1, 0.15) is 12.1 Å². The molecule has 1 amide bonds. The standard InChI is InChI=1S/C13H18N6O2/c14-11(21)9-2-1-3-18(7-9)12-10-6-17-19(4-5-20)13(10)16-8-15-12/h6,8-9,20H,1-5,7H2,(H2,14,21)/t9-/m1/s1. The lowest BCUT2D eigenvalue weighted by molar-refractivity contribution is -0.122. The average molecular weight is 290 g/mol. The van der Waals surface area contributed by atoms with E-state index < -0.39 is 0 Å². The highest BCUT2D eigenvalue weighted by molar-refractivity contribution is 5.87. The fourth-order valence-corrected chi connectivity index (χ4v) is 2.79. The molecule has 0 aromatic carbocycles. The molecule has 3 N–H and O–H groups in total. The second-order valence-corrected chi connectivity index (χ2v) is 5.21. The predicted octanol–water partition coefficient (Wildman–Crippen LogP) is -0.480. The number of nitrogens with zero attached hydrogens (tertiary/aromatic N) is 5. The number of carbonyl (C=O) groups excluding carboxylic acids is 1. The van der Waals surface area contributed by atoms with Crippen molar-refractivity contribution in [2.75, 3.05) is 24.6 Å². The summed E-state index contributed by atoms with van der Waals surface area (Å²) >= 11 is 0. The van der Waals surface area contributed by atoms with Crippen LogP contribution in [0.3, 0.4) is 0 Å². The van der Waals surface area contributed by atoms with Crippen molar-refractivity contribution in [1.82, 2.24) is 19.7 Å². The van der Waals surface area contributed by atoms with Gasteiger partial charge in [-0.2, -0.15) is 5.10 Å². The Morgan fingerprint density at radius 3 is 3.10 bits per heavy atom. The molecule has 3 rings (SSSR count). The van der Waals surface area contributed by atoms with Gasteiger partial charge in [0.05, 0.1) is 30.7 Å². The van der Waals surface area contributed by atoms with Crippen LogP contribution < -0.4 is 10.6 Å². The van der Waals surface area contributed by atoms with Gasteiger partial charge in [-0.1, -0.05) is 0 Å². The molecule has 0 saturated carbocycles. The quantitative estimate of drug-likeness (QED) is 0.787. The van der Waals surface area contributed by atoms with E-state index in [-0.39, 0.29) is 18.4 Å². The number of amides is 1. The lowest BCUT2D eigenvalue weighted by Gasteiger charge is -2.32. The van der Waals surface area contributed by atoms with E-state index in [0.29, 0.717) is 18.7 Å². The number of carbonyl (C=O) groups is 1. The van der Waals surface area contributed by atoms with E-state index in [1.54, 1.807) is 10.9 Å². The fourth-order valence-electron chi connectivity index (χ4n) is 2.79. The Morgan fingerprint density at radius 2 is 2.33 bits per heavy atom. The second-order valence-electron chi connectivity index (χ2n) is 5.21. The van der Waals surface area contributed by atoms with Crippen LogP contribution in [0.2, 0.25) is 0 Å². The number of hydrogen-bond donors (Lipinski definition) is 2. The Kier molecular flexibility index (Phi) is 3.70. The largest absolute Gasteiger partial charge is 0.394 e. The van der Waals surface area contributed by atoms with E-state index in [1.165, 1.54) is 6.33 Å². The molecule has 2 aromatic rings. The number of fused-ring (bicyclic) bond motifs is 1. The number of anilines is 1. The van der Waals surface area contributed by atoms with Crippen LogP contribution in [0.4, 0.5) is 5.82 Å². The number of primary amides is 1. The summed E-state index contributed by atoms with van der Waals surface area (Å²) in [6.07, 6.45) is 4.92. The molecule has 1 aliphatic heterocycles. The summed E-state index contributed by atoms with van der Waals surface area (Å²) in [5.41, 5.74) is 6.11. The average Bonchev–Trinajstić information content (AvgIpc) is 2.91. The van der Waals surface area contributed by atoms with Gasteiger partial charge < -0.3 is 15.7 Å². The minimum atomic E-state index is -0.263. The zero-order chi connectivity index (χ0) is 14.8. The summed E-state index contributed by atoms with van der Waals surface area (Å²) in [5, 5.41) is 14.1. The van der Waals surface area contributed by atoms with Crippen LogP contribution in [-0.4, -0.2) is 50.5 Å². The molecule has 0 aliphatic carbocycles. The molecule has 1 aliphatic rings. The predicted molar refractivity (Wildman–Crippen MR) is 76.5 cm³/mol. The fraction of sp³-hybridized carbons (Fsp3) is 0.538. The van der Waals surface area contributed by atoms with Gasteiger partial charge >= 0.3 is 0 Å². The van der Waals surface area contributed by atoms with Gasteiger partial charge in [0.15, 0.2) is 5.65 Å². The van der Waals surface area contributed by atoms with Crippen molar-refractivity contribution < 1.29 is 9.90 Å². The number of hydrogen-bond acceptors (Lipinski definition) is 6. The molecule has 8 heteroatoms. The molecule has 0 spiro atoms. The zero-order valence-corrected chi connectivity index (χ0v) is 11.6. The number of aliphatic hydroxyl groups is 1. The third-order valence-electron chi connectivity index (χ3n) is 3.85. The van der Waals surface area contributed by atoms with E-state index >= 15 is 0 Å². The SMILES string of the molecule is NC(=O)[C@@H]1CCCN(c2ncnc3c2cnn3CCO)C1. The Bertz CT molecular complexity index is 655. The summed E-state index contributed by atoms with van der Waals surface area (Å²) in [6, 6.07) is 0. The molecule has 1 fully saturated rings. The van der Waals surface area contributed by atoms with Crippen LogP contribution in [0.25, 0.3) is 11.0 Å². The summed E-state index contributed by atoms with van der Waals surface area (Å²) < 4.78 is 1.65. The van der Waals surface area contributed by atoms with Crippen molar-refractivity contribution in [3.63, 3.8) is 0 Å². The topological polar surface area (TPSA) is 110 Å². The zero-order valence-electron chi connectivity index (χ0n) is 11.6. The first-order valence-corrected chi connectivity index (χ1v) is 7.02. The summed E-state index contributed by atoms with van der Waals surface area (Å²) in [5.74, 6) is 0.368. The number of aromatic nitrogens is 4. The summed E-state index contributed by atoms with van der Waals surface area (Å²) in [4.78, 5) is 22.0. The lowest BCUT2D eigenvalue weighted by atomic mass is 9.97. The highest BCUT2D eigenvalue weighted by Gasteiger charge is 2.26. The van der Waals surface area contributed by atoms with E-state index in [1.807, 2.05) is 0 Å². The van der Waals surface area contributed by atoms with Gasteiger partial charge in [0.25, 0.3) is 0 Å². The number of nitrogens with two attached hydrogens (primary N) is 1. The molecule has 0 radical (unpaired) electrons. The normalized spacial score (nSPS) is 19.1. The van der Waals surface area contributed by atoms with Crippen molar-refractivity contribution in [2.24, 2.45) is 11.7 Å². The van der Waals surface area contributed by atoms with Gasteiger partial charge in [-0.3, -0.25) is 4.79 Å². The van der Waals surface area contributed by atoms with Crippen LogP contribution in [-0.2, 0) is 11.3 Å². The van der Waals surface area contributed by atoms with Crippen molar-refractivity contribution in [2.45, 2.75) is 19.4 Å². The lowest BCUT2D eigenvalue weighted by Crippen LogP contribution is -2.41. The number of aliphatic hydroxyl groups excluding tert-OH is 1. The molecular weight excluding hydrogens is 272 g/mol. The van der Waals surface area contributed by atoms with Crippen LogP contribution in [0, 0.1) is 5.92 Å². The van der Waals surface area contributed by atoms with Crippen molar-refractivity contribution in [3.05, 3.63) is 12.5 Å². The molecule has 3 heterocycles. The summed E-state index contributed by atoms with van der Waals surface area (Å²) in [7, 11) is 0. The molecule has 1 atom stereocenters. The van der Waals surface area contributed by atoms with E-state index in [4.69, 9.17) is 10.8 Å². The van der Waals surface area contributed by atoms with Gasteiger partial charge in [-0.15, -0.1) is 0 Å². The Morgan fingerprint density at radius 1 is 1.48 bits per heavy atom. The smallest absolute Gasteiger partial charge is 0.222 e. The maximum Gasteiger partial charge on any atom is 0.222 e. The van der Waals surface area contributed by atoms with Gasteiger partial charge in [-0.25, -0.2) is 14.6 Å². The minimum absolute atomic E-state index is 0.00355. The van der Waals surface area contributed by atoms with Gasteiger partial charge in [0, 0.05) is 13.1 Å². The summed E-state index contributed by atoms with van der Waals surface area (Å²) in [6.45, 7) is 1.81. The Hall–Kier alpha value is -2.22. The van der Waals surface area contributed by atoms with E-state index in [2.05, 4.69) is 20.0 Å².